The zero-order valence-electron chi connectivity index (χ0n) is 19.2. The van der Waals surface area contributed by atoms with Crippen molar-refractivity contribution in [1.82, 2.24) is 4.57 Å². The highest BCUT2D eigenvalue weighted by atomic mass is 32.1. The molecule has 2 heterocycles. The molecule has 36 heavy (non-hydrogen) atoms. The molecule has 5 nitrogen and oxygen atoms in total. The lowest BCUT2D eigenvalue weighted by Gasteiger charge is -2.25. The standard InChI is InChI=1S/C28H20F2N2O3S/c1-2-35-27(34)23-24(18-6-4-3-5-7-18)31-28-32(25(23)19-10-14-21(30)15-11-19)26(33)22(36-28)16-17-8-12-20(29)13-9-17/h3-16,25H,2H2,1H3/b22-16-/t25-/m0/s1. The number of aromatic nitrogens is 1. The highest BCUT2D eigenvalue weighted by Gasteiger charge is 2.35. The molecule has 0 N–H and O–H groups in total. The highest BCUT2D eigenvalue weighted by molar-refractivity contribution is 7.07. The monoisotopic (exact) mass is 502 g/mol. The molecule has 0 radical (unpaired) electrons. The summed E-state index contributed by atoms with van der Waals surface area (Å²) in [5, 5.41) is 0. The summed E-state index contributed by atoms with van der Waals surface area (Å²) < 4.78 is 34.4. The summed E-state index contributed by atoms with van der Waals surface area (Å²) in [6.45, 7) is 1.83. The first-order valence-corrected chi connectivity index (χ1v) is 12.1. The number of hydrogen-bond donors (Lipinski definition) is 0. The van der Waals surface area contributed by atoms with Gasteiger partial charge >= 0.3 is 5.97 Å². The Morgan fingerprint density at radius 1 is 1.00 bits per heavy atom. The third kappa shape index (κ3) is 4.43. The Labute approximate surface area is 209 Å². The topological polar surface area (TPSA) is 60.7 Å². The van der Waals surface area contributed by atoms with E-state index < -0.39 is 17.8 Å². The Morgan fingerprint density at radius 2 is 1.64 bits per heavy atom. The van der Waals surface area contributed by atoms with Gasteiger partial charge in [0.2, 0.25) is 0 Å². The van der Waals surface area contributed by atoms with Crippen molar-refractivity contribution in [2.24, 2.45) is 4.99 Å². The number of esters is 1. The molecule has 0 fully saturated rings. The first-order chi connectivity index (χ1) is 17.5. The zero-order chi connectivity index (χ0) is 25.2. The van der Waals surface area contributed by atoms with Gasteiger partial charge in [-0.15, -0.1) is 0 Å². The van der Waals surface area contributed by atoms with Crippen LogP contribution in [0.25, 0.3) is 11.8 Å². The fraction of sp³-hybridized carbons (Fsp3) is 0.107. The first kappa shape index (κ1) is 23.6. The molecule has 0 aliphatic carbocycles. The number of rotatable bonds is 5. The van der Waals surface area contributed by atoms with Gasteiger partial charge in [0, 0.05) is 5.56 Å². The van der Waals surface area contributed by atoms with Crippen LogP contribution in [-0.4, -0.2) is 17.1 Å². The predicted octanol–water partition coefficient (Wildman–Crippen LogP) is 4.21. The molecular formula is C28H20F2N2O3S. The smallest absolute Gasteiger partial charge is 0.338 e. The molecule has 1 atom stereocenters. The van der Waals surface area contributed by atoms with E-state index in [4.69, 9.17) is 9.73 Å². The largest absolute Gasteiger partial charge is 0.463 e. The Balaban J connectivity index is 1.82. The van der Waals surface area contributed by atoms with E-state index in [0.717, 1.165) is 11.3 Å². The van der Waals surface area contributed by atoms with Crippen LogP contribution in [0, 0.1) is 11.6 Å². The highest BCUT2D eigenvalue weighted by Crippen LogP contribution is 2.35. The zero-order valence-corrected chi connectivity index (χ0v) is 20.0. The minimum absolute atomic E-state index is 0.134. The van der Waals surface area contributed by atoms with E-state index in [1.54, 1.807) is 37.3 Å². The molecule has 0 amide bonds. The van der Waals surface area contributed by atoms with Crippen molar-refractivity contribution in [3.63, 3.8) is 0 Å². The van der Waals surface area contributed by atoms with Gasteiger partial charge in [0.1, 0.15) is 11.6 Å². The Kier molecular flexibility index (Phi) is 6.43. The van der Waals surface area contributed by atoms with Crippen molar-refractivity contribution in [2.75, 3.05) is 6.61 Å². The van der Waals surface area contributed by atoms with Crippen LogP contribution in [0.5, 0.6) is 0 Å². The summed E-state index contributed by atoms with van der Waals surface area (Å²) in [7, 11) is 0. The van der Waals surface area contributed by atoms with Crippen molar-refractivity contribution in [3.05, 3.63) is 132 Å². The lowest BCUT2D eigenvalue weighted by atomic mass is 9.93. The van der Waals surface area contributed by atoms with Gasteiger partial charge in [0.15, 0.2) is 4.80 Å². The second-order valence-electron chi connectivity index (χ2n) is 8.03. The molecule has 1 aliphatic rings. The van der Waals surface area contributed by atoms with E-state index in [9.17, 15) is 18.4 Å². The van der Waals surface area contributed by atoms with Crippen LogP contribution in [0.4, 0.5) is 8.78 Å². The maximum Gasteiger partial charge on any atom is 0.338 e. The van der Waals surface area contributed by atoms with Crippen molar-refractivity contribution in [2.45, 2.75) is 13.0 Å². The number of nitrogens with zero attached hydrogens (tertiary/aromatic N) is 2. The second kappa shape index (κ2) is 9.83. The number of fused-ring (bicyclic) bond motifs is 1. The molecule has 0 saturated heterocycles. The average Bonchev–Trinajstić information content (AvgIpc) is 3.20. The number of halogens is 2. The van der Waals surface area contributed by atoms with Crippen molar-refractivity contribution in [1.29, 1.82) is 0 Å². The summed E-state index contributed by atoms with van der Waals surface area (Å²) >= 11 is 1.16. The summed E-state index contributed by atoms with van der Waals surface area (Å²) in [5.74, 6) is -1.42. The normalized spacial score (nSPS) is 15.4. The molecule has 5 rings (SSSR count). The second-order valence-corrected chi connectivity index (χ2v) is 9.04. The van der Waals surface area contributed by atoms with E-state index in [1.165, 1.54) is 28.8 Å². The van der Waals surface area contributed by atoms with Crippen LogP contribution >= 0.6 is 11.3 Å². The van der Waals surface area contributed by atoms with Crippen LogP contribution in [0.1, 0.15) is 29.7 Å². The van der Waals surface area contributed by atoms with E-state index in [2.05, 4.69) is 0 Å². The molecule has 0 bridgehead atoms. The third-order valence-electron chi connectivity index (χ3n) is 5.73. The Bertz CT molecular complexity index is 1640. The number of hydrogen-bond acceptors (Lipinski definition) is 5. The van der Waals surface area contributed by atoms with Crippen LogP contribution in [0.3, 0.4) is 0 Å². The lowest BCUT2D eigenvalue weighted by molar-refractivity contribution is -0.138. The Morgan fingerprint density at radius 3 is 2.28 bits per heavy atom. The first-order valence-electron chi connectivity index (χ1n) is 11.3. The molecule has 1 aromatic heterocycles. The maximum absolute atomic E-state index is 13.8. The third-order valence-corrected chi connectivity index (χ3v) is 6.71. The van der Waals surface area contributed by atoms with Gasteiger partial charge in [-0.2, -0.15) is 0 Å². The van der Waals surface area contributed by atoms with Crippen LogP contribution in [0.15, 0.2) is 94.2 Å². The van der Waals surface area contributed by atoms with Crippen molar-refractivity contribution in [3.8, 4) is 0 Å². The fourth-order valence-corrected chi connectivity index (χ4v) is 5.11. The average molecular weight is 503 g/mol. The SMILES string of the molecule is CCOC(=O)C1=C(c2ccccc2)N=c2s/c(=C\c3ccc(F)cc3)c(=O)n2[C@H]1c1ccc(F)cc1. The molecule has 1 aliphatic heterocycles. The van der Waals surface area contributed by atoms with Gasteiger partial charge < -0.3 is 4.74 Å². The van der Waals surface area contributed by atoms with Crippen LogP contribution in [-0.2, 0) is 9.53 Å². The van der Waals surface area contributed by atoms with Gasteiger partial charge in [-0.3, -0.25) is 9.36 Å². The molecule has 0 spiro atoms. The van der Waals surface area contributed by atoms with Crippen molar-refractivity contribution < 1.29 is 18.3 Å². The summed E-state index contributed by atoms with van der Waals surface area (Å²) in [6.07, 6.45) is 1.65. The minimum atomic E-state index is -0.883. The summed E-state index contributed by atoms with van der Waals surface area (Å²) in [5.41, 5.74) is 2.08. The van der Waals surface area contributed by atoms with E-state index in [1.807, 2.05) is 30.3 Å². The van der Waals surface area contributed by atoms with Crippen LogP contribution in [0.2, 0.25) is 0 Å². The Hall–Kier alpha value is -4.17. The molecule has 8 heteroatoms. The molecule has 0 saturated carbocycles. The van der Waals surface area contributed by atoms with Gasteiger partial charge in [-0.25, -0.2) is 18.6 Å². The quantitative estimate of drug-likeness (QED) is 0.384. The number of benzene rings is 3. The van der Waals surface area contributed by atoms with E-state index in [-0.39, 0.29) is 23.6 Å². The molecule has 180 valence electrons. The predicted molar refractivity (Wildman–Crippen MR) is 134 cm³/mol. The number of carbonyl (C=O) groups excluding carboxylic acids is 1. The van der Waals surface area contributed by atoms with Crippen LogP contribution < -0.4 is 14.9 Å². The summed E-state index contributed by atoms with van der Waals surface area (Å²) in [6, 6.07) is 19.7. The van der Waals surface area contributed by atoms with Crippen molar-refractivity contribution >= 4 is 29.1 Å². The summed E-state index contributed by atoms with van der Waals surface area (Å²) in [4.78, 5) is 32.1. The number of thiazole rings is 1. The molecule has 4 aromatic rings. The van der Waals surface area contributed by atoms with Gasteiger partial charge in [0.05, 0.1) is 28.5 Å². The maximum atomic E-state index is 13.8. The number of ether oxygens (including phenoxy) is 1. The van der Waals surface area contributed by atoms with Gasteiger partial charge in [-0.05, 0) is 48.4 Å². The fourth-order valence-electron chi connectivity index (χ4n) is 4.11. The van der Waals surface area contributed by atoms with Gasteiger partial charge in [-0.1, -0.05) is 65.9 Å². The minimum Gasteiger partial charge on any atom is -0.463 e. The number of carbonyl (C=O) groups is 1. The lowest BCUT2D eigenvalue weighted by Crippen LogP contribution is -2.40. The van der Waals surface area contributed by atoms with E-state index >= 15 is 0 Å². The van der Waals surface area contributed by atoms with Gasteiger partial charge in [0.25, 0.3) is 5.56 Å². The molecular weight excluding hydrogens is 482 g/mol. The molecule has 3 aromatic carbocycles. The van der Waals surface area contributed by atoms with E-state index in [0.29, 0.717) is 31.7 Å². The molecule has 0 unspecified atom stereocenters.